The normalized spacial score (nSPS) is 18.0. The fourth-order valence-electron chi connectivity index (χ4n) is 4.09. The van der Waals surface area contributed by atoms with E-state index in [2.05, 4.69) is 5.32 Å². The number of benzene rings is 1. The summed E-state index contributed by atoms with van der Waals surface area (Å²) in [6, 6.07) is 2.87. The standard InChI is InChI=1S/C23H30F2N4O6S/c1-13-8-15(6-7-16(13)24)26-21(31)20-19(25)18(10-27(20)5)29(36(33)34)17-11-28(9-14(17)12-30)22(32)35-23(2,3)4/h6-8,10,14,17,30,36H,9,11-12H2,1-5H3,(H,26,31)/t14-,17+/m1/s1. The molecule has 1 fully saturated rings. The Morgan fingerprint density at radius 2 is 1.92 bits per heavy atom. The number of ether oxygens (including phenoxy) is 1. The van der Waals surface area contributed by atoms with Crippen molar-refractivity contribution in [3.05, 3.63) is 47.3 Å². The maximum atomic E-state index is 15.5. The minimum atomic E-state index is -3.42. The summed E-state index contributed by atoms with van der Waals surface area (Å²) in [4.78, 5) is 26.6. The molecule has 0 saturated carbocycles. The smallest absolute Gasteiger partial charge is 0.410 e. The average Bonchev–Trinajstić information content (AvgIpc) is 3.30. The maximum absolute atomic E-state index is 15.5. The molecule has 0 aliphatic carbocycles. The van der Waals surface area contributed by atoms with Gasteiger partial charge in [0.2, 0.25) is 10.9 Å². The summed E-state index contributed by atoms with van der Waals surface area (Å²) >= 11 is 0. The van der Waals surface area contributed by atoms with Crippen LogP contribution in [0.5, 0.6) is 0 Å². The lowest BCUT2D eigenvalue weighted by Crippen LogP contribution is -2.42. The van der Waals surface area contributed by atoms with E-state index in [4.69, 9.17) is 4.74 Å². The van der Waals surface area contributed by atoms with E-state index < -0.39 is 70.1 Å². The summed E-state index contributed by atoms with van der Waals surface area (Å²) in [6.45, 7) is 5.95. The largest absolute Gasteiger partial charge is 0.444 e. The van der Waals surface area contributed by atoms with Gasteiger partial charge in [-0.1, -0.05) is 0 Å². The van der Waals surface area contributed by atoms with Gasteiger partial charge in [-0.05, 0) is 51.5 Å². The van der Waals surface area contributed by atoms with Gasteiger partial charge in [-0.15, -0.1) is 0 Å². The van der Waals surface area contributed by atoms with E-state index in [0.717, 1.165) is 21.1 Å². The molecule has 1 aliphatic rings. The lowest BCUT2D eigenvalue weighted by Gasteiger charge is -2.27. The van der Waals surface area contributed by atoms with Crippen LogP contribution in [0.3, 0.4) is 0 Å². The molecular weight excluding hydrogens is 498 g/mol. The maximum Gasteiger partial charge on any atom is 0.410 e. The van der Waals surface area contributed by atoms with Crippen molar-refractivity contribution in [3.63, 3.8) is 0 Å². The van der Waals surface area contributed by atoms with Crippen molar-refractivity contribution in [2.45, 2.75) is 39.3 Å². The van der Waals surface area contributed by atoms with Crippen LogP contribution >= 0.6 is 0 Å². The zero-order chi connectivity index (χ0) is 26.9. The predicted molar refractivity (Wildman–Crippen MR) is 129 cm³/mol. The van der Waals surface area contributed by atoms with Gasteiger partial charge >= 0.3 is 6.09 Å². The van der Waals surface area contributed by atoms with E-state index in [-0.39, 0.29) is 24.3 Å². The molecule has 1 saturated heterocycles. The third-order valence-corrected chi connectivity index (χ3v) is 6.63. The summed E-state index contributed by atoms with van der Waals surface area (Å²) < 4.78 is 60.9. The van der Waals surface area contributed by atoms with Crippen LogP contribution in [-0.4, -0.2) is 66.3 Å². The highest BCUT2D eigenvalue weighted by Gasteiger charge is 2.42. The third kappa shape index (κ3) is 5.78. The second kappa shape index (κ2) is 10.4. The molecule has 1 aliphatic heterocycles. The van der Waals surface area contributed by atoms with Crippen molar-refractivity contribution < 1.29 is 36.6 Å². The van der Waals surface area contributed by atoms with Crippen molar-refractivity contribution in [2.75, 3.05) is 29.3 Å². The number of carbonyl (C=O) groups excluding carboxylic acids is 2. The first-order valence-corrected chi connectivity index (χ1v) is 12.3. The van der Waals surface area contributed by atoms with Crippen LogP contribution in [0.1, 0.15) is 36.8 Å². The number of carbonyl (C=O) groups is 2. The number of hydrogen-bond acceptors (Lipinski definition) is 6. The molecule has 198 valence electrons. The topological polar surface area (TPSA) is 121 Å². The van der Waals surface area contributed by atoms with Crippen molar-refractivity contribution >= 4 is 34.3 Å². The van der Waals surface area contributed by atoms with Gasteiger partial charge in [0, 0.05) is 44.5 Å². The Balaban J connectivity index is 1.91. The number of aliphatic hydroxyl groups excluding tert-OH is 1. The summed E-state index contributed by atoms with van der Waals surface area (Å²) in [7, 11) is -2.05. The van der Waals surface area contributed by atoms with E-state index >= 15 is 4.39 Å². The Morgan fingerprint density at radius 3 is 2.47 bits per heavy atom. The average molecular weight is 529 g/mol. The van der Waals surface area contributed by atoms with E-state index in [1.54, 1.807) is 20.8 Å². The van der Waals surface area contributed by atoms with Crippen LogP contribution in [0.4, 0.5) is 25.0 Å². The van der Waals surface area contributed by atoms with Crippen LogP contribution in [0.25, 0.3) is 0 Å². The molecule has 2 aromatic rings. The van der Waals surface area contributed by atoms with Gasteiger partial charge in [0.15, 0.2) is 5.82 Å². The van der Waals surface area contributed by atoms with Crippen molar-refractivity contribution in [1.29, 1.82) is 0 Å². The van der Waals surface area contributed by atoms with Crippen LogP contribution in [0.15, 0.2) is 24.4 Å². The van der Waals surface area contributed by atoms with Gasteiger partial charge in [0.05, 0.1) is 6.04 Å². The predicted octanol–water partition coefficient (Wildman–Crippen LogP) is 2.42. The lowest BCUT2D eigenvalue weighted by molar-refractivity contribution is 0.0283. The Bertz CT molecular complexity index is 1230. The molecule has 0 bridgehead atoms. The summed E-state index contributed by atoms with van der Waals surface area (Å²) in [5, 5.41) is 12.4. The van der Waals surface area contributed by atoms with Gasteiger partial charge in [-0.25, -0.2) is 22.0 Å². The molecule has 0 spiro atoms. The number of rotatable bonds is 6. The number of nitrogens with one attached hydrogen (secondary N) is 1. The number of likely N-dealkylation sites (tertiary alicyclic amines) is 1. The number of thiol groups is 1. The van der Waals surface area contributed by atoms with Crippen molar-refractivity contribution in [2.24, 2.45) is 13.0 Å². The number of hydrogen-bond donors (Lipinski definition) is 3. The number of aromatic nitrogens is 1. The Kier molecular flexibility index (Phi) is 7.94. The second-order valence-electron chi connectivity index (χ2n) is 9.68. The molecule has 3 rings (SSSR count). The highest BCUT2D eigenvalue weighted by molar-refractivity contribution is 7.74. The molecular formula is C23H30F2N4O6S. The summed E-state index contributed by atoms with van der Waals surface area (Å²) in [5.74, 6) is -3.15. The molecule has 2 amide bonds. The van der Waals surface area contributed by atoms with Crippen LogP contribution in [0.2, 0.25) is 0 Å². The number of halogens is 2. The molecule has 2 atom stereocenters. The first-order chi connectivity index (χ1) is 16.7. The Hall–Kier alpha value is -3.19. The van der Waals surface area contributed by atoms with Crippen LogP contribution < -0.4 is 9.62 Å². The van der Waals surface area contributed by atoms with E-state index in [1.165, 1.54) is 31.0 Å². The number of anilines is 2. The number of amides is 2. The minimum Gasteiger partial charge on any atom is -0.444 e. The molecule has 2 heterocycles. The van der Waals surface area contributed by atoms with Gasteiger partial charge in [0.1, 0.15) is 22.8 Å². The Morgan fingerprint density at radius 1 is 1.25 bits per heavy atom. The Labute approximate surface area is 209 Å². The zero-order valence-electron chi connectivity index (χ0n) is 20.6. The minimum absolute atomic E-state index is 0.00146. The van der Waals surface area contributed by atoms with Crippen molar-refractivity contribution in [3.8, 4) is 0 Å². The van der Waals surface area contributed by atoms with Crippen molar-refractivity contribution in [1.82, 2.24) is 9.47 Å². The highest BCUT2D eigenvalue weighted by Crippen LogP contribution is 2.32. The van der Waals surface area contributed by atoms with Gasteiger partial charge < -0.3 is 24.6 Å². The highest BCUT2D eigenvalue weighted by atomic mass is 32.2. The van der Waals surface area contributed by atoms with Gasteiger partial charge in [0.25, 0.3) is 5.91 Å². The molecule has 36 heavy (non-hydrogen) atoms. The molecule has 1 aromatic heterocycles. The molecule has 13 heteroatoms. The fraction of sp³-hybridized carbons (Fsp3) is 0.478. The SMILES string of the molecule is Cc1cc(NC(=O)c2c(F)c(N([C@H]3CN(C(=O)OC(C)(C)C)C[C@@H]3CO)[SH](=O)=O)cn2C)ccc1F. The van der Waals surface area contributed by atoms with Crippen LogP contribution in [0, 0.1) is 24.5 Å². The summed E-state index contributed by atoms with van der Waals surface area (Å²) in [5.41, 5.74) is -1.12. The van der Waals surface area contributed by atoms with E-state index in [1.807, 2.05) is 0 Å². The fourth-order valence-corrected chi connectivity index (χ4v) is 4.91. The first-order valence-electron chi connectivity index (χ1n) is 11.2. The molecule has 0 radical (unpaired) electrons. The van der Waals surface area contributed by atoms with Gasteiger partial charge in [-0.3, -0.25) is 9.10 Å². The third-order valence-electron chi connectivity index (χ3n) is 5.76. The quantitative estimate of drug-likeness (QED) is 0.496. The molecule has 0 unspecified atom stereocenters. The van der Waals surface area contributed by atoms with E-state index in [9.17, 15) is 27.5 Å². The number of aliphatic hydroxyl groups is 1. The second-order valence-corrected chi connectivity index (χ2v) is 10.6. The number of nitrogens with zero attached hydrogens (tertiary/aromatic N) is 3. The molecule has 10 nitrogen and oxygen atoms in total. The monoisotopic (exact) mass is 528 g/mol. The zero-order valence-corrected chi connectivity index (χ0v) is 21.5. The molecule has 2 N–H and O–H groups in total. The number of aryl methyl sites for hydroxylation is 2. The van der Waals surface area contributed by atoms with Gasteiger partial charge in [-0.2, -0.15) is 0 Å². The van der Waals surface area contributed by atoms with Crippen LogP contribution in [-0.2, 0) is 22.7 Å². The summed E-state index contributed by atoms with van der Waals surface area (Å²) in [6.07, 6.45) is 0.461. The first kappa shape index (κ1) is 27.4. The van der Waals surface area contributed by atoms with E-state index in [0.29, 0.717) is 0 Å². The lowest BCUT2D eigenvalue weighted by atomic mass is 10.1. The molecule has 1 aromatic carbocycles.